The summed E-state index contributed by atoms with van der Waals surface area (Å²) < 4.78 is 0. The van der Waals surface area contributed by atoms with Crippen LogP contribution in [-0.2, 0) is 12.8 Å². The van der Waals surface area contributed by atoms with Crippen LogP contribution in [0.4, 0.5) is 0 Å². The van der Waals surface area contributed by atoms with Gasteiger partial charge in [-0.25, -0.2) is 0 Å². The second-order valence-electron chi connectivity index (χ2n) is 9.97. The minimum absolute atomic E-state index is 0.776. The third kappa shape index (κ3) is 23.4. The highest BCUT2D eigenvalue weighted by atomic mass is 14.2. The predicted octanol–water partition coefficient (Wildman–Crippen LogP) is 13.3. The van der Waals surface area contributed by atoms with E-state index in [2.05, 4.69) is 103 Å². The molecule has 0 saturated carbocycles. The van der Waals surface area contributed by atoms with Gasteiger partial charge in [0, 0.05) is 0 Å². The van der Waals surface area contributed by atoms with E-state index < -0.39 is 0 Å². The average molecular weight is 493 g/mol. The van der Waals surface area contributed by atoms with Gasteiger partial charge in [0.25, 0.3) is 0 Å². The van der Waals surface area contributed by atoms with Crippen molar-refractivity contribution >= 4 is 0 Å². The van der Waals surface area contributed by atoms with Crippen molar-refractivity contribution in [1.82, 2.24) is 0 Å². The van der Waals surface area contributed by atoms with Crippen molar-refractivity contribution in [3.8, 4) is 0 Å². The van der Waals surface area contributed by atoms with Crippen molar-refractivity contribution in [2.24, 2.45) is 0 Å². The van der Waals surface area contributed by atoms with Crippen LogP contribution in [0, 0.1) is 13.8 Å². The molecule has 0 bridgehead atoms. The molecule has 0 aliphatic carbocycles. The van der Waals surface area contributed by atoms with E-state index >= 15 is 0 Å². The highest BCUT2D eigenvalue weighted by molar-refractivity contribution is 5.46. The summed E-state index contributed by atoms with van der Waals surface area (Å²) in [6.07, 6.45) is 18.2. The topological polar surface area (TPSA) is 0 Å². The van der Waals surface area contributed by atoms with Crippen molar-refractivity contribution in [1.29, 1.82) is 0 Å². The number of hydrogen-bond acceptors (Lipinski definition) is 0. The van der Waals surface area contributed by atoms with Crippen LogP contribution in [0.1, 0.15) is 194 Å². The largest absolute Gasteiger partial charge is 0.0656 e. The Morgan fingerprint density at radius 2 is 0.943 bits per heavy atom. The lowest BCUT2D eigenvalue weighted by Gasteiger charge is -2.24. The lowest BCUT2D eigenvalue weighted by Crippen LogP contribution is -2.08. The van der Waals surface area contributed by atoms with Crippen LogP contribution >= 0.6 is 0 Å². The second kappa shape index (κ2) is 33.2. The first kappa shape index (κ1) is 41.4. The van der Waals surface area contributed by atoms with Crippen molar-refractivity contribution in [2.75, 3.05) is 0 Å². The molecule has 0 heterocycles. The molecule has 212 valence electrons. The minimum Gasteiger partial charge on any atom is -0.0656 e. The second-order valence-corrected chi connectivity index (χ2v) is 9.97. The van der Waals surface area contributed by atoms with Crippen LogP contribution < -0.4 is 0 Å². The third-order valence-corrected chi connectivity index (χ3v) is 6.00. The minimum atomic E-state index is 0.776. The van der Waals surface area contributed by atoms with E-state index in [0.717, 1.165) is 5.92 Å². The summed E-state index contributed by atoms with van der Waals surface area (Å²) in [5.74, 6) is 0.776. The van der Waals surface area contributed by atoms with Crippen LogP contribution in [0.2, 0.25) is 0 Å². The van der Waals surface area contributed by atoms with E-state index in [9.17, 15) is 0 Å². The Morgan fingerprint density at radius 1 is 0.514 bits per heavy atom. The Balaban J connectivity index is -0.000000262. The van der Waals surface area contributed by atoms with Gasteiger partial charge in [0.15, 0.2) is 0 Å². The molecule has 0 aliphatic rings. The summed E-state index contributed by atoms with van der Waals surface area (Å²) in [6.45, 7) is 31.2. The van der Waals surface area contributed by atoms with Crippen molar-refractivity contribution in [3.63, 3.8) is 0 Å². The molecule has 0 N–H and O–H groups in total. The predicted molar refractivity (Wildman–Crippen MR) is 170 cm³/mol. The zero-order chi connectivity index (χ0) is 28.1. The van der Waals surface area contributed by atoms with Crippen LogP contribution in [0.25, 0.3) is 0 Å². The highest BCUT2D eigenvalue weighted by Gasteiger charge is 2.18. The summed E-state index contributed by atoms with van der Waals surface area (Å²) in [6, 6.07) is 2.51. The fourth-order valence-corrected chi connectivity index (χ4v) is 4.09. The van der Waals surface area contributed by atoms with E-state index in [1.807, 2.05) is 0 Å². The van der Waals surface area contributed by atoms with Gasteiger partial charge in [-0.05, 0) is 73.3 Å². The highest BCUT2D eigenvalue weighted by Crippen LogP contribution is 2.34. The molecule has 0 aliphatic heterocycles. The van der Waals surface area contributed by atoms with Crippen molar-refractivity contribution in [3.05, 3.63) is 33.9 Å². The maximum Gasteiger partial charge on any atom is -0.0159 e. The van der Waals surface area contributed by atoms with Gasteiger partial charge in [-0.2, -0.15) is 0 Å². The lowest BCUT2D eigenvalue weighted by atomic mass is 9.81. The first-order valence-corrected chi connectivity index (χ1v) is 15.9. The van der Waals surface area contributed by atoms with Gasteiger partial charge in [-0.3, -0.25) is 0 Å². The summed E-state index contributed by atoms with van der Waals surface area (Å²) in [5.41, 5.74) is 7.96. The Kier molecular flexibility index (Phi) is 39.2. The fourth-order valence-electron chi connectivity index (χ4n) is 4.09. The van der Waals surface area contributed by atoms with Gasteiger partial charge < -0.3 is 0 Å². The van der Waals surface area contributed by atoms with Gasteiger partial charge in [0.2, 0.25) is 0 Å². The molecule has 0 spiro atoms. The number of benzene rings is 1. The molecule has 0 nitrogen and oxygen atoms in total. The fraction of sp³-hybridized carbons (Fsp3) is 0.829. The summed E-state index contributed by atoms with van der Waals surface area (Å²) in [4.78, 5) is 0. The summed E-state index contributed by atoms with van der Waals surface area (Å²) >= 11 is 0. The van der Waals surface area contributed by atoms with Gasteiger partial charge >= 0.3 is 0 Å². The SMILES string of the molecule is CCC.CCC.CCCC.CCCCC.CCCCC(CCC)c1cc(C)c(CC)c(C)c1CC. The van der Waals surface area contributed by atoms with E-state index in [1.54, 1.807) is 22.3 Å². The molecule has 1 rings (SSSR count). The van der Waals surface area contributed by atoms with Crippen LogP contribution in [0.5, 0.6) is 0 Å². The number of hydrogen-bond donors (Lipinski definition) is 0. The number of rotatable bonds is 11. The first-order valence-electron chi connectivity index (χ1n) is 15.9. The van der Waals surface area contributed by atoms with E-state index in [1.165, 1.54) is 95.5 Å². The molecule has 1 unspecified atom stereocenters. The van der Waals surface area contributed by atoms with Gasteiger partial charge in [-0.15, -0.1) is 0 Å². The molecular weight excluding hydrogens is 420 g/mol. The molecule has 0 heteroatoms. The van der Waals surface area contributed by atoms with Crippen LogP contribution in [0.3, 0.4) is 0 Å². The standard InChI is InChI=1S/C20H34.C5H12.C4H10.2C3H8/c1-7-11-13-17(12-8-2)20-14-15(5)18(9-3)16(6)19(20)10-4;1-3-5-4-2;1-3-4-2;2*1-3-2/h14,17H,7-13H2,1-6H3;3-5H2,1-2H3;3-4H2,1-2H3;2*3H2,1-2H3. The number of unbranched alkanes of at least 4 members (excludes halogenated alkanes) is 4. The molecular formula is C35H72. The monoisotopic (exact) mass is 493 g/mol. The smallest absolute Gasteiger partial charge is 0.0159 e. The van der Waals surface area contributed by atoms with Crippen molar-refractivity contribution in [2.45, 2.75) is 193 Å². The molecule has 0 radical (unpaired) electrons. The first-order chi connectivity index (χ1) is 16.8. The molecule has 0 fully saturated rings. The van der Waals surface area contributed by atoms with Gasteiger partial charge in [0.05, 0.1) is 0 Å². The van der Waals surface area contributed by atoms with Crippen LogP contribution in [0.15, 0.2) is 6.07 Å². The maximum absolute atomic E-state index is 2.51. The van der Waals surface area contributed by atoms with Crippen molar-refractivity contribution < 1.29 is 0 Å². The molecule has 35 heavy (non-hydrogen) atoms. The maximum atomic E-state index is 2.51. The molecule has 1 atom stereocenters. The zero-order valence-electron chi connectivity index (χ0n) is 27.6. The Hall–Kier alpha value is -0.780. The van der Waals surface area contributed by atoms with E-state index in [-0.39, 0.29) is 0 Å². The lowest BCUT2D eigenvalue weighted by molar-refractivity contribution is 0.537. The zero-order valence-corrected chi connectivity index (χ0v) is 27.6. The van der Waals surface area contributed by atoms with E-state index in [4.69, 9.17) is 0 Å². The molecule has 1 aromatic carbocycles. The Labute approximate surface area is 226 Å². The molecule has 1 aromatic rings. The van der Waals surface area contributed by atoms with Gasteiger partial charge in [-0.1, -0.05) is 153 Å². The third-order valence-electron chi connectivity index (χ3n) is 6.00. The summed E-state index contributed by atoms with van der Waals surface area (Å²) in [5, 5.41) is 0. The molecule has 0 aromatic heterocycles. The average Bonchev–Trinajstić information content (AvgIpc) is 2.84. The van der Waals surface area contributed by atoms with Gasteiger partial charge in [0.1, 0.15) is 0 Å². The van der Waals surface area contributed by atoms with Crippen LogP contribution in [-0.4, -0.2) is 0 Å². The van der Waals surface area contributed by atoms with E-state index in [0.29, 0.717) is 0 Å². The number of aryl methyl sites for hydroxylation is 1. The Bertz CT molecular complexity index is 505. The normalized spacial score (nSPS) is 10.3. The molecule has 0 saturated heterocycles. The molecule has 0 amide bonds. The Morgan fingerprint density at radius 3 is 1.23 bits per heavy atom. The summed E-state index contributed by atoms with van der Waals surface area (Å²) in [7, 11) is 0. The quantitative estimate of drug-likeness (QED) is 0.288.